The van der Waals surface area contributed by atoms with E-state index in [2.05, 4.69) is 34.9 Å². The quantitative estimate of drug-likeness (QED) is 0.503. The van der Waals surface area contributed by atoms with Crippen molar-refractivity contribution in [1.82, 2.24) is 10.6 Å². The van der Waals surface area contributed by atoms with Gasteiger partial charge in [-0.3, -0.25) is 4.79 Å². The molecule has 2 aliphatic rings. The third-order valence-electron chi connectivity index (χ3n) is 7.09. The lowest BCUT2D eigenvalue weighted by molar-refractivity contribution is -0.149. The number of nitrogens with one attached hydrogen (secondary N) is 2. The molecule has 1 unspecified atom stereocenters. The molecule has 1 saturated carbocycles. The molecule has 0 spiro atoms. The average Bonchev–Trinajstić information content (AvgIpc) is 3.40. The smallest absolute Gasteiger partial charge is 0.407 e. The number of fused-ring (bicyclic) bond motifs is 3. The fraction of sp³-hybridized carbons (Fsp3) is 0.444. The summed E-state index contributed by atoms with van der Waals surface area (Å²) in [7, 11) is 1.38. The number of methoxy groups -OCH3 is 1. The van der Waals surface area contributed by atoms with Crippen LogP contribution in [0.4, 0.5) is 4.79 Å². The van der Waals surface area contributed by atoms with Crippen molar-refractivity contribution in [3.8, 4) is 11.1 Å². The highest BCUT2D eigenvalue weighted by Crippen LogP contribution is 2.44. The van der Waals surface area contributed by atoms with Gasteiger partial charge in [-0.2, -0.15) is 0 Å². The number of alkyl carbamates (subject to hydrolysis) is 1. The van der Waals surface area contributed by atoms with E-state index in [1.165, 1.54) is 14.0 Å². The molecule has 8 heteroatoms. The third-order valence-corrected chi connectivity index (χ3v) is 7.09. The molecule has 0 saturated heterocycles. The Hall–Kier alpha value is -3.39. The number of ether oxygens (including phenoxy) is 2. The molecule has 3 N–H and O–H groups in total. The summed E-state index contributed by atoms with van der Waals surface area (Å²) in [4.78, 5) is 37.3. The number of carbonyl (C=O) groups is 3. The number of amides is 2. The molecule has 1 atom stereocenters. The van der Waals surface area contributed by atoms with E-state index in [9.17, 15) is 19.5 Å². The molecule has 186 valence electrons. The molecule has 2 aromatic carbocycles. The first-order chi connectivity index (χ1) is 16.8. The van der Waals surface area contributed by atoms with Crippen molar-refractivity contribution < 1.29 is 29.0 Å². The van der Waals surface area contributed by atoms with Gasteiger partial charge in [0.15, 0.2) is 5.54 Å². The van der Waals surface area contributed by atoms with Gasteiger partial charge in [0.1, 0.15) is 6.61 Å². The first-order valence-corrected chi connectivity index (χ1v) is 11.9. The molecule has 2 amide bonds. The van der Waals surface area contributed by atoms with Crippen LogP contribution in [0, 0.1) is 0 Å². The Balaban J connectivity index is 1.41. The normalized spacial score (nSPS) is 17.7. The average molecular weight is 481 g/mol. The summed E-state index contributed by atoms with van der Waals surface area (Å²) < 4.78 is 10.7. The minimum atomic E-state index is -1.55. The molecule has 2 aliphatic carbocycles. The summed E-state index contributed by atoms with van der Waals surface area (Å²) in [5.74, 6) is -1.69. The molecular formula is C27H32N2O6. The lowest BCUT2D eigenvalue weighted by Gasteiger charge is -2.32. The minimum Gasteiger partial charge on any atom is -0.479 e. The Bertz CT molecular complexity index is 1060. The maximum absolute atomic E-state index is 12.9. The molecule has 0 aromatic heterocycles. The number of hydrogen-bond donors (Lipinski definition) is 3. The standard InChI is InChI=1S/C27H32N2O6/c1-26(17-34-2,24(31)32)28-23(30)15-27(13-7-8-14-27)29-25(33)35-16-22-20-11-5-3-9-18(20)19-10-4-6-12-21(19)22/h3-6,9-12,22H,7-8,13-17H2,1-2H3,(H,28,30)(H,29,33)(H,31,32). The predicted molar refractivity (Wildman–Crippen MR) is 130 cm³/mol. The second kappa shape index (κ2) is 10.1. The molecule has 8 nitrogen and oxygen atoms in total. The Kier molecular flexibility index (Phi) is 7.12. The highest BCUT2D eigenvalue weighted by atomic mass is 16.5. The molecule has 35 heavy (non-hydrogen) atoms. The summed E-state index contributed by atoms with van der Waals surface area (Å²) in [6.45, 7) is 1.42. The molecule has 0 heterocycles. The fourth-order valence-electron chi connectivity index (χ4n) is 5.35. The Morgan fingerprint density at radius 3 is 2.14 bits per heavy atom. The highest BCUT2D eigenvalue weighted by molar-refractivity contribution is 5.87. The van der Waals surface area contributed by atoms with Crippen LogP contribution in [-0.4, -0.2) is 54.5 Å². The van der Waals surface area contributed by atoms with Crippen LogP contribution in [0.5, 0.6) is 0 Å². The van der Waals surface area contributed by atoms with E-state index >= 15 is 0 Å². The Morgan fingerprint density at radius 2 is 1.60 bits per heavy atom. The van der Waals surface area contributed by atoms with Crippen LogP contribution in [0.1, 0.15) is 56.1 Å². The van der Waals surface area contributed by atoms with Crippen molar-refractivity contribution in [3.05, 3.63) is 59.7 Å². The summed E-state index contributed by atoms with van der Waals surface area (Å²) in [6.07, 6.45) is 2.39. The zero-order valence-electron chi connectivity index (χ0n) is 20.1. The zero-order chi connectivity index (χ0) is 25.1. The lowest BCUT2D eigenvalue weighted by atomic mass is 9.92. The number of hydrogen-bond acceptors (Lipinski definition) is 5. The first-order valence-electron chi connectivity index (χ1n) is 11.9. The zero-order valence-corrected chi connectivity index (χ0v) is 20.1. The van der Waals surface area contributed by atoms with Gasteiger partial charge in [-0.1, -0.05) is 61.4 Å². The summed E-state index contributed by atoms with van der Waals surface area (Å²) in [5, 5.41) is 15.0. The van der Waals surface area contributed by atoms with Gasteiger partial charge in [0.2, 0.25) is 5.91 Å². The van der Waals surface area contributed by atoms with Crippen molar-refractivity contribution >= 4 is 18.0 Å². The fourth-order valence-corrected chi connectivity index (χ4v) is 5.35. The SMILES string of the molecule is COCC(C)(NC(=O)CC1(NC(=O)OCC2c3ccccc3-c3ccccc32)CCCC1)C(=O)O. The van der Waals surface area contributed by atoms with Gasteiger partial charge in [-0.05, 0) is 42.0 Å². The van der Waals surface area contributed by atoms with E-state index in [0.717, 1.165) is 35.1 Å². The maximum Gasteiger partial charge on any atom is 0.407 e. The Morgan fingerprint density at radius 1 is 1.03 bits per heavy atom. The van der Waals surface area contributed by atoms with Crippen LogP contribution in [0.25, 0.3) is 11.1 Å². The van der Waals surface area contributed by atoms with Gasteiger partial charge in [-0.15, -0.1) is 0 Å². The molecule has 0 radical (unpaired) electrons. The second-order valence-electron chi connectivity index (χ2n) is 9.73. The van der Waals surface area contributed by atoms with Crippen LogP contribution in [-0.2, 0) is 19.1 Å². The number of carboxylic acid groups (broad SMARTS) is 1. The molecular weight excluding hydrogens is 448 g/mol. The van der Waals surface area contributed by atoms with Crippen molar-refractivity contribution in [2.24, 2.45) is 0 Å². The van der Waals surface area contributed by atoms with Gasteiger partial charge in [0.05, 0.1) is 12.1 Å². The third kappa shape index (κ3) is 5.17. The summed E-state index contributed by atoms with van der Waals surface area (Å²) in [5.41, 5.74) is 2.25. The molecule has 0 bridgehead atoms. The number of rotatable bonds is 9. The monoisotopic (exact) mass is 480 g/mol. The van der Waals surface area contributed by atoms with Crippen LogP contribution in [0.15, 0.2) is 48.5 Å². The topological polar surface area (TPSA) is 114 Å². The van der Waals surface area contributed by atoms with E-state index in [0.29, 0.717) is 12.8 Å². The minimum absolute atomic E-state index is 0.0240. The van der Waals surface area contributed by atoms with Crippen LogP contribution >= 0.6 is 0 Å². The second-order valence-corrected chi connectivity index (χ2v) is 9.73. The largest absolute Gasteiger partial charge is 0.479 e. The van der Waals surface area contributed by atoms with Crippen molar-refractivity contribution in [1.29, 1.82) is 0 Å². The van der Waals surface area contributed by atoms with Gasteiger partial charge < -0.3 is 25.2 Å². The van der Waals surface area contributed by atoms with E-state index in [4.69, 9.17) is 9.47 Å². The Labute approximate surface area is 205 Å². The molecule has 0 aliphatic heterocycles. The molecule has 2 aromatic rings. The van der Waals surface area contributed by atoms with Crippen LogP contribution < -0.4 is 10.6 Å². The number of aliphatic carboxylic acids is 1. The van der Waals surface area contributed by atoms with Gasteiger partial charge in [0, 0.05) is 19.4 Å². The van der Waals surface area contributed by atoms with Gasteiger partial charge >= 0.3 is 12.1 Å². The van der Waals surface area contributed by atoms with Gasteiger partial charge in [0.25, 0.3) is 0 Å². The predicted octanol–water partition coefficient (Wildman–Crippen LogP) is 3.83. The maximum atomic E-state index is 12.9. The van der Waals surface area contributed by atoms with Crippen molar-refractivity contribution in [2.75, 3.05) is 20.3 Å². The van der Waals surface area contributed by atoms with E-state index < -0.39 is 29.0 Å². The van der Waals surface area contributed by atoms with E-state index in [-0.39, 0.29) is 25.6 Å². The number of carboxylic acids is 1. The highest BCUT2D eigenvalue weighted by Gasteiger charge is 2.41. The van der Waals surface area contributed by atoms with Crippen LogP contribution in [0.3, 0.4) is 0 Å². The summed E-state index contributed by atoms with van der Waals surface area (Å²) >= 11 is 0. The van der Waals surface area contributed by atoms with Crippen molar-refractivity contribution in [2.45, 2.75) is 56.0 Å². The molecule has 4 rings (SSSR count). The molecule has 1 fully saturated rings. The van der Waals surface area contributed by atoms with E-state index in [1.54, 1.807) is 0 Å². The van der Waals surface area contributed by atoms with Crippen LogP contribution in [0.2, 0.25) is 0 Å². The first kappa shape index (κ1) is 24.7. The number of carbonyl (C=O) groups excluding carboxylic acids is 2. The van der Waals surface area contributed by atoms with Crippen molar-refractivity contribution in [3.63, 3.8) is 0 Å². The lowest BCUT2D eigenvalue weighted by Crippen LogP contribution is -2.58. The number of benzene rings is 2. The summed E-state index contributed by atoms with van der Waals surface area (Å²) in [6, 6.07) is 16.2. The van der Waals surface area contributed by atoms with E-state index in [1.807, 2.05) is 24.3 Å². The van der Waals surface area contributed by atoms with Gasteiger partial charge in [-0.25, -0.2) is 9.59 Å².